The predicted octanol–water partition coefficient (Wildman–Crippen LogP) is 3.58. The van der Waals surface area contributed by atoms with E-state index in [1.54, 1.807) is 0 Å². The van der Waals surface area contributed by atoms with E-state index in [9.17, 15) is 8.78 Å². The van der Waals surface area contributed by atoms with Gasteiger partial charge in [0, 0.05) is 5.56 Å². The van der Waals surface area contributed by atoms with Crippen LogP contribution < -0.4 is 0 Å². The molecular formula is C7H4Cl2F2. The Morgan fingerprint density at radius 1 is 1.27 bits per heavy atom. The first-order valence-corrected chi connectivity index (χ1v) is 3.59. The first-order chi connectivity index (χ1) is 5.04. The van der Waals surface area contributed by atoms with Gasteiger partial charge in [-0.05, 0) is 13.0 Å². The highest BCUT2D eigenvalue weighted by atomic mass is 35.5. The third-order valence-corrected chi connectivity index (χ3v) is 2.11. The van der Waals surface area contributed by atoms with E-state index < -0.39 is 11.6 Å². The summed E-state index contributed by atoms with van der Waals surface area (Å²) in [4.78, 5) is 0. The van der Waals surface area contributed by atoms with Crippen molar-refractivity contribution in [2.24, 2.45) is 0 Å². The van der Waals surface area contributed by atoms with E-state index in [1.807, 2.05) is 0 Å². The molecule has 0 N–H and O–H groups in total. The van der Waals surface area contributed by atoms with Gasteiger partial charge in [-0.2, -0.15) is 0 Å². The van der Waals surface area contributed by atoms with Crippen molar-refractivity contribution in [1.29, 1.82) is 0 Å². The molecule has 0 aliphatic rings. The van der Waals surface area contributed by atoms with Crippen molar-refractivity contribution in [2.45, 2.75) is 6.92 Å². The molecule has 60 valence electrons. The number of halogens is 4. The fourth-order valence-electron chi connectivity index (χ4n) is 0.657. The van der Waals surface area contributed by atoms with Crippen molar-refractivity contribution < 1.29 is 8.78 Å². The highest BCUT2D eigenvalue weighted by Crippen LogP contribution is 2.28. The molecule has 0 fully saturated rings. The largest absolute Gasteiger partial charge is 0.207 e. The van der Waals surface area contributed by atoms with Crippen molar-refractivity contribution in [3.8, 4) is 0 Å². The van der Waals surface area contributed by atoms with E-state index in [-0.39, 0.29) is 15.6 Å². The topological polar surface area (TPSA) is 0 Å². The van der Waals surface area contributed by atoms with Crippen molar-refractivity contribution in [3.63, 3.8) is 0 Å². The third kappa shape index (κ3) is 1.47. The van der Waals surface area contributed by atoms with Crippen LogP contribution in [-0.4, -0.2) is 0 Å². The van der Waals surface area contributed by atoms with Gasteiger partial charge in [-0.3, -0.25) is 0 Å². The summed E-state index contributed by atoms with van der Waals surface area (Å²) in [6.45, 7) is 1.30. The van der Waals surface area contributed by atoms with Crippen LogP contribution in [0.4, 0.5) is 8.78 Å². The van der Waals surface area contributed by atoms with E-state index in [2.05, 4.69) is 0 Å². The van der Waals surface area contributed by atoms with Gasteiger partial charge in [-0.1, -0.05) is 23.2 Å². The molecule has 0 aliphatic carbocycles. The normalized spacial score (nSPS) is 10.3. The standard InChI is InChI=1S/C7H4Cl2F2/c1-3-5(10)2-4(8)6(9)7(3)11/h2H,1H3. The summed E-state index contributed by atoms with van der Waals surface area (Å²) in [5.41, 5.74) is -0.112. The maximum absolute atomic E-state index is 12.8. The van der Waals surface area contributed by atoms with Gasteiger partial charge >= 0.3 is 0 Å². The first kappa shape index (κ1) is 8.75. The van der Waals surface area contributed by atoms with Crippen LogP contribution >= 0.6 is 23.2 Å². The molecule has 1 aromatic carbocycles. The highest BCUT2D eigenvalue weighted by Gasteiger charge is 2.11. The second-order valence-corrected chi connectivity index (χ2v) is 2.88. The molecule has 11 heavy (non-hydrogen) atoms. The Balaban J connectivity index is 3.46. The highest BCUT2D eigenvalue weighted by molar-refractivity contribution is 6.42. The molecule has 0 saturated carbocycles. The minimum absolute atomic E-state index is 0.104. The van der Waals surface area contributed by atoms with Crippen LogP contribution in [0.25, 0.3) is 0 Å². The summed E-state index contributed by atoms with van der Waals surface area (Å²) in [7, 11) is 0. The van der Waals surface area contributed by atoms with Crippen LogP contribution in [-0.2, 0) is 0 Å². The van der Waals surface area contributed by atoms with Gasteiger partial charge in [0.15, 0.2) is 0 Å². The monoisotopic (exact) mass is 196 g/mol. The molecule has 0 aromatic heterocycles. The van der Waals surface area contributed by atoms with Crippen molar-refractivity contribution in [3.05, 3.63) is 33.3 Å². The third-order valence-electron chi connectivity index (χ3n) is 1.34. The van der Waals surface area contributed by atoms with Crippen molar-refractivity contribution >= 4 is 23.2 Å². The number of hydrogen-bond donors (Lipinski definition) is 0. The lowest BCUT2D eigenvalue weighted by molar-refractivity contribution is 0.568. The summed E-state index contributed by atoms with van der Waals surface area (Å²) in [5, 5.41) is -0.335. The van der Waals surface area contributed by atoms with Gasteiger partial charge in [0.05, 0.1) is 10.0 Å². The second-order valence-electron chi connectivity index (χ2n) is 2.09. The summed E-state index contributed by atoms with van der Waals surface area (Å²) < 4.78 is 25.4. The fourth-order valence-corrected chi connectivity index (χ4v) is 1.03. The molecule has 0 aliphatic heterocycles. The number of benzene rings is 1. The van der Waals surface area contributed by atoms with Gasteiger partial charge in [-0.15, -0.1) is 0 Å². The Kier molecular flexibility index (Phi) is 2.35. The zero-order valence-corrected chi connectivity index (χ0v) is 7.10. The molecule has 0 atom stereocenters. The molecule has 0 saturated heterocycles. The first-order valence-electron chi connectivity index (χ1n) is 2.83. The SMILES string of the molecule is Cc1c(F)cc(Cl)c(Cl)c1F. The van der Waals surface area contributed by atoms with Crippen LogP contribution in [0.1, 0.15) is 5.56 Å². The minimum atomic E-state index is -0.795. The van der Waals surface area contributed by atoms with Crippen LogP contribution in [0.2, 0.25) is 10.0 Å². The van der Waals surface area contributed by atoms with E-state index in [1.165, 1.54) is 6.92 Å². The molecular weight excluding hydrogens is 193 g/mol. The zero-order valence-electron chi connectivity index (χ0n) is 5.59. The van der Waals surface area contributed by atoms with Crippen molar-refractivity contribution in [2.75, 3.05) is 0 Å². The van der Waals surface area contributed by atoms with Crippen LogP contribution in [0.3, 0.4) is 0 Å². The molecule has 0 nitrogen and oxygen atoms in total. The summed E-state index contributed by atoms with van der Waals surface area (Å²) in [5.74, 6) is -1.48. The molecule has 1 rings (SSSR count). The molecule has 0 radical (unpaired) electrons. The average Bonchev–Trinajstić information content (AvgIpc) is 1.97. The van der Waals surface area contributed by atoms with Gasteiger partial charge in [0.25, 0.3) is 0 Å². The fraction of sp³-hybridized carbons (Fsp3) is 0.143. The minimum Gasteiger partial charge on any atom is -0.207 e. The lowest BCUT2D eigenvalue weighted by atomic mass is 10.2. The zero-order chi connectivity index (χ0) is 8.59. The number of hydrogen-bond acceptors (Lipinski definition) is 0. The maximum atomic E-state index is 12.8. The van der Waals surface area contributed by atoms with Gasteiger partial charge in [-0.25, -0.2) is 8.78 Å². The van der Waals surface area contributed by atoms with E-state index in [0.29, 0.717) is 0 Å². The Labute approximate surface area is 72.7 Å². The molecule has 0 heterocycles. The van der Waals surface area contributed by atoms with E-state index in [0.717, 1.165) is 6.07 Å². The van der Waals surface area contributed by atoms with Crippen LogP contribution in [0, 0.1) is 18.6 Å². The smallest absolute Gasteiger partial charge is 0.149 e. The lowest BCUT2D eigenvalue weighted by Crippen LogP contribution is -1.89. The van der Waals surface area contributed by atoms with Crippen molar-refractivity contribution in [1.82, 2.24) is 0 Å². The van der Waals surface area contributed by atoms with Crippen LogP contribution in [0.15, 0.2) is 6.07 Å². The Bertz CT molecular complexity index is 271. The summed E-state index contributed by atoms with van der Waals surface area (Å²) in [6.07, 6.45) is 0. The molecule has 0 amide bonds. The molecule has 0 bridgehead atoms. The van der Waals surface area contributed by atoms with Gasteiger partial charge in [0.1, 0.15) is 11.6 Å². The second kappa shape index (κ2) is 2.95. The number of rotatable bonds is 0. The lowest BCUT2D eigenvalue weighted by Gasteiger charge is -2.01. The summed E-state index contributed by atoms with van der Waals surface area (Å²) >= 11 is 10.8. The Morgan fingerprint density at radius 2 is 1.82 bits per heavy atom. The Morgan fingerprint density at radius 3 is 2.36 bits per heavy atom. The molecule has 4 heteroatoms. The molecule has 0 unspecified atom stereocenters. The maximum Gasteiger partial charge on any atom is 0.149 e. The van der Waals surface area contributed by atoms with Gasteiger partial charge < -0.3 is 0 Å². The van der Waals surface area contributed by atoms with E-state index in [4.69, 9.17) is 23.2 Å². The Hall–Kier alpha value is -0.340. The quantitative estimate of drug-likeness (QED) is 0.440. The van der Waals surface area contributed by atoms with E-state index >= 15 is 0 Å². The molecule has 0 spiro atoms. The average molecular weight is 197 g/mol. The van der Waals surface area contributed by atoms with Crippen LogP contribution in [0.5, 0.6) is 0 Å². The van der Waals surface area contributed by atoms with Gasteiger partial charge in [0.2, 0.25) is 0 Å². The molecule has 1 aromatic rings. The predicted molar refractivity (Wildman–Crippen MR) is 41.1 cm³/mol. The summed E-state index contributed by atoms with van der Waals surface area (Å²) in [6, 6.07) is 0.988.